The zero-order valence-electron chi connectivity index (χ0n) is 18.9. The first-order valence-electron chi connectivity index (χ1n) is 10.9. The molecule has 3 aromatic rings. The van der Waals surface area contributed by atoms with Crippen molar-refractivity contribution in [2.24, 2.45) is 4.99 Å². The maximum absolute atomic E-state index is 4.80. The van der Waals surface area contributed by atoms with Crippen molar-refractivity contribution in [3.05, 3.63) is 64.9 Å². The number of benzene rings is 1. The fourth-order valence-corrected chi connectivity index (χ4v) is 3.99. The Hall–Kier alpha value is -2.14. The van der Waals surface area contributed by atoms with Crippen molar-refractivity contribution in [2.45, 2.75) is 32.7 Å². The summed E-state index contributed by atoms with van der Waals surface area (Å²) in [4.78, 5) is 8.45. The molecule has 0 atom stereocenters. The molecular formula is C23H34IN7S. The van der Waals surface area contributed by atoms with E-state index in [4.69, 9.17) is 4.99 Å². The molecule has 0 fully saturated rings. The van der Waals surface area contributed by atoms with Crippen molar-refractivity contribution < 1.29 is 0 Å². The number of hydrogen-bond donors (Lipinski definition) is 2. The minimum atomic E-state index is 0. The van der Waals surface area contributed by atoms with Crippen molar-refractivity contribution >= 4 is 47.0 Å². The van der Waals surface area contributed by atoms with Crippen LogP contribution in [0, 0.1) is 0 Å². The molecule has 7 nitrogen and oxygen atoms in total. The molecule has 0 radical (unpaired) electrons. The lowest BCUT2D eigenvalue weighted by Gasteiger charge is -2.18. The number of anilines is 1. The van der Waals surface area contributed by atoms with Gasteiger partial charge in [0.25, 0.3) is 0 Å². The lowest BCUT2D eigenvalue weighted by molar-refractivity contribution is 0.631. The maximum atomic E-state index is 4.80. The lowest BCUT2D eigenvalue weighted by Crippen LogP contribution is -2.40. The molecule has 2 N–H and O–H groups in total. The number of thiophene rings is 1. The van der Waals surface area contributed by atoms with Gasteiger partial charge in [-0.2, -0.15) is 0 Å². The van der Waals surface area contributed by atoms with E-state index in [1.807, 2.05) is 6.07 Å². The van der Waals surface area contributed by atoms with Gasteiger partial charge in [-0.15, -0.1) is 45.5 Å². The van der Waals surface area contributed by atoms with Crippen molar-refractivity contribution in [1.82, 2.24) is 25.4 Å². The predicted octanol–water partition coefficient (Wildman–Crippen LogP) is 3.82. The van der Waals surface area contributed by atoms with E-state index in [1.54, 1.807) is 17.7 Å². The van der Waals surface area contributed by atoms with E-state index in [2.05, 4.69) is 86.0 Å². The monoisotopic (exact) mass is 567 g/mol. The summed E-state index contributed by atoms with van der Waals surface area (Å²) in [5.74, 6) is 1.87. The fourth-order valence-electron chi connectivity index (χ4n) is 3.28. The molecule has 0 saturated carbocycles. The summed E-state index contributed by atoms with van der Waals surface area (Å²) >= 11 is 1.79. The Morgan fingerprint density at radius 1 is 1.12 bits per heavy atom. The summed E-state index contributed by atoms with van der Waals surface area (Å²) in [6.45, 7) is 6.30. The first-order valence-corrected chi connectivity index (χ1v) is 11.8. The summed E-state index contributed by atoms with van der Waals surface area (Å²) in [6.07, 6.45) is 4.67. The van der Waals surface area contributed by atoms with Gasteiger partial charge in [-0.1, -0.05) is 31.2 Å². The second kappa shape index (κ2) is 14.8. The number of para-hydroxylation sites is 1. The standard InChI is InChI=1S/C23H33N7S.HI/c1-3-22-28-27-19-30(22)17-15-26-23(25-14-12-21-11-7-18-31-21)24-13-8-16-29(2)20-9-5-4-6-10-20;/h4-7,9-11,18-19H,3,8,12-17H2,1-2H3,(H2,24,25,26);1H. The number of rotatable bonds is 12. The van der Waals surface area contributed by atoms with Crippen LogP contribution in [0.15, 0.2) is 59.2 Å². The first-order chi connectivity index (χ1) is 15.3. The zero-order valence-corrected chi connectivity index (χ0v) is 22.1. The molecule has 3 rings (SSSR count). The molecule has 174 valence electrons. The van der Waals surface area contributed by atoms with E-state index in [0.29, 0.717) is 0 Å². The maximum Gasteiger partial charge on any atom is 0.191 e. The van der Waals surface area contributed by atoms with Gasteiger partial charge in [-0.05, 0) is 36.4 Å². The molecule has 0 bridgehead atoms. The van der Waals surface area contributed by atoms with Gasteiger partial charge in [0.05, 0.1) is 0 Å². The molecule has 32 heavy (non-hydrogen) atoms. The molecular weight excluding hydrogens is 533 g/mol. The average Bonchev–Trinajstić information content (AvgIpc) is 3.48. The zero-order chi connectivity index (χ0) is 21.7. The largest absolute Gasteiger partial charge is 0.375 e. The summed E-state index contributed by atoms with van der Waals surface area (Å²) in [5.41, 5.74) is 1.24. The van der Waals surface area contributed by atoms with Crippen LogP contribution in [0.5, 0.6) is 0 Å². The Morgan fingerprint density at radius 2 is 1.94 bits per heavy atom. The number of guanidine groups is 1. The van der Waals surface area contributed by atoms with Crippen LogP contribution in [0.1, 0.15) is 24.0 Å². The van der Waals surface area contributed by atoms with Crippen molar-refractivity contribution in [3.63, 3.8) is 0 Å². The highest BCUT2D eigenvalue weighted by Crippen LogP contribution is 2.11. The van der Waals surface area contributed by atoms with Gasteiger partial charge in [0.1, 0.15) is 12.2 Å². The van der Waals surface area contributed by atoms with E-state index in [-0.39, 0.29) is 24.0 Å². The molecule has 9 heteroatoms. The molecule has 0 unspecified atom stereocenters. The number of nitrogens with one attached hydrogen (secondary N) is 2. The SMILES string of the molecule is CCc1nncn1CCNC(=NCCCN(C)c1ccccc1)NCCc1cccs1.I. The lowest BCUT2D eigenvalue weighted by atomic mass is 10.3. The van der Waals surface area contributed by atoms with Crippen LogP contribution in [0.2, 0.25) is 0 Å². The Bertz CT molecular complexity index is 896. The van der Waals surface area contributed by atoms with Gasteiger partial charge in [-0.25, -0.2) is 0 Å². The van der Waals surface area contributed by atoms with Gasteiger partial charge in [0.15, 0.2) is 5.96 Å². The van der Waals surface area contributed by atoms with E-state index < -0.39 is 0 Å². The number of aryl methyl sites for hydroxylation is 1. The summed E-state index contributed by atoms with van der Waals surface area (Å²) in [5, 5.41) is 17.2. The van der Waals surface area contributed by atoms with E-state index in [1.165, 1.54) is 10.6 Å². The van der Waals surface area contributed by atoms with Crippen LogP contribution >= 0.6 is 35.3 Å². The topological polar surface area (TPSA) is 70.4 Å². The summed E-state index contributed by atoms with van der Waals surface area (Å²) in [6, 6.07) is 14.7. The molecule has 2 aromatic heterocycles. The Morgan fingerprint density at radius 3 is 2.69 bits per heavy atom. The quantitative estimate of drug-likeness (QED) is 0.151. The molecule has 0 saturated heterocycles. The Labute approximate surface area is 212 Å². The number of nitrogens with zero attached hydrogens (tertiary/aromatic N) is 5. The van der Waals surface area contributed by atoms with Crippen LogP contribution in [0.25, 0.3) is 0 Å². The van der Waals surface area contributed by atoms with Gasteiger partial charge in [-0.3, -0.25) is 4.99 Å². The minimum Gasteiger partial charge on any atom is -0.375 e. The number of hydrogen-bond acceptors (Lipinski definition) is 5. The molecule has 0 aliphatic carbocycles. The second-order valence-electron chi connectivity index (χ2n) is 7.32. The minimum absolute atomic E-state index is 0. The van der Waals surface area contributed by atoms with Gasteiger partial charge in [0, 0.05) is 56.8 Å². The van der Waals surface area contributed by atoms with E-state index >= 15 is 0 Å². The number of aromatic nitrogens is 3. The highest BCUT2D eigenvalue weighted by atomic mass is 127. The highest BCUT2D eigenvalue weighted by molar-refractivity contribution is 14.0. The van der Waals surface area contributed by atoms with Gasteiger partial charge >= 0.3 is 0 Å². The van der Waals surface area contributed by atoms with Crippen LogP contribution in [0.4, 0.5) is 5.69 Å². The van der Waals surface area contributed by atoms with Crippen LogP contribution in [-0.4, -0.2) is 54.0 Å². The van der Waals surface area contributed by atoms with Crippen molar-refractivity contribution in [1.29, 1.82) is 0 Å². The van der Waals surface area contributed by atoms with E-state index in [0.717, 1.165) is 63.8 Å². The predicted molar refractivity (Wildman–Crippen MR) is 145 cm³/mol. The average molecular weight is 568 g/mol. The van der Waals surface area contributed by atoms with E-state index in [9.17, 15) is 0 Å². The molecule has 0 amide bonds. The Kier molecular flexibility index (Phi) is 12.1. The molecule has 1 aromatic carbocycles. The van der Waals surface area contributed by atoms with Crippen LogP contribution in [0.3, 0.4) is 0 Å². The molecule has 0 aliphatic heterocycles. The summed E-state index contributed by atoms with van der Waals surface area (Å²) in [7, 11) is 2.13. The molecule has 0 aliphatic rings. The van der Waals surface area contributed by atoms with Gasteiger partial charge in [0.2, 0.25) is 0 Å². The molecule has 2 heterocycles. The van der Waals surface area contributed by atoms with Crippen molar-refractivity contribution in [3.8, 4) is 0 Å². The number of halogens is 1. The highest BCUT2D eigenvalue weighted by Gasteiger charge is 2.04. The van der Waals surface area contributed by atoms with Crippen LogP contribution in [-0.2, 0) is 19.4 Å². The third-order valence-electron chi connectivity index (χ3n) is 5.02. The second-order valence-corrected chi connectivity index (χ2v) is 8.35. The number of aliphatic imine (C=N–C) groups is 1. The molecule has 0 spiro atoms. The van der Waals surface area contributed by atoms with Crippen LogP contribution < -0.4 is 15.5 Å². The third-order valence-corrected chi connectivity index (χ3v) is 5.96. The van der Waals surface area contributed by atoms with Crippen molar-refractivity contribution in [2.75, 3.05) is 38.1 Å². The summed E-state index contributed by atoms with van der Waals surface area (Å²) < 4.78 is 2.09. The fraction of sp³-hybridized carbons (Fsp3) is 0.435. The Balaban J connectivity index is 0.00000363. The normalized spacial score (nSPS) is 11.1. The smallest absolute Gasteiger partial charge is 0.191 e. The van der Waals surface area contributed by atoms with Gasteiger partial charge < -0.3 is 20.1 Å². The third kappa shape index (κ3) is 8.78. The first kappa shape index (κ1) is 26.1.